The minimum atomic E-state index is -3.72. The molecule has 1 saturated heterocycles. The van der Waals surface area contributed by atoms with E-state index in [1.807, 2.05) is 27.7 Å². The van der Waals surface area contributed by atoms with Gasteiger partial charge in [-0.25, -0.2) is 13.2 Å². The summed E-state index contributed by atoms with van der Waals surface area (Å²) in [6.07, 6.45) is 0.207. The maximum Gasteiger partial charge on any atom is 0.341 e. The SMILES string of the molecule is COC(=O)c1c(NC(=O)c2ccc(S(=O)(=O)N3C[C@H](C)O[C@@H](C)C3)cc2)sc2c1CC(C)(C)NC2(C)C. The Morgan fingerprint density at radius 1 is 1.11 bits per heavy atom. The highest BCUT2D eigenvalue weighted by Gasteiger charge is 2.42. The third-order valence-corrected chi connectivity index (χ3v) is 9.92. The molecule has 0 radical (unpaired) electrons. The third kappa shape index (κ3) is 5.46. The van der Waals surface area contributed by atoms with Gasteiger partial charge < -0.3 is 20.1 Å². The number of hydrogen-bond acceptors (Lipinski definition) is 8. The number of carbonyl (C=O) groups excluding carboxylic acids is 2. The van der Waals surface area contributed by atoms with Crippen molar-refractivity contribution in [3.63, 3.8) is 0 Å². The Morgan fingerprint density at radius 2 is 1.70 bits per heavy atom. The first-order valence-corrected chi connectivity index (χ1v) is 14.5. The summed E-state index contributed by atoms with van der Waals surface area (Å²) in [5.74, 6) is -0.942. The van der Waals surface area contributed by atoms with E-state index in [9.17, 15) is 18.0 Å². The monoisotopic (exact) mass is 549 g/mol. The molecule has 1 aromatic carbocycles. The van der Waals surface area contributed by atoms with Crippen LogP contribution in [0.25, 0.3) is 0 Å². The second-order valence-corrected chi connectivity index (χ2v) is 13.9. The van der Waals surface area contributed by atoms with Crippen LogP contribution in [0.5, 0.6) is 0 Å². The summed E-state index contributed by atoms with van der Waals surface area (Å²) in [6.45, 7) is 12.5. The number of hydrogen-bond donors (Lipinski definition) is 2. The maximum absolute atomic E-state index is 13.2. The number of amides is 1. The molecule has 2 atom stereocenters. The van der Waals surface area contributed by atoms with Crippen LogP contribution < -0.4 is 10.6 Å². The van der Waals surface area contributed by atoms with Crippen molar-refractivity contribution in [3.05, 3.63) is 45.8 Å². The van der Waals surface area contributed by atoms with Crippen molar-refractivity contribution in [2.75, 3.05) is 25.5 Å². The highest BCUT2D eigenvalue weighted by molar-refractivity contribution is 7.89. The van der Waals surface area contributed by atoms with Crippen LogP contribution in [0.15, 0.2) is 29.2 Å². The van der Waals surface area contributed by atoms with E-state index in [0.29, 0.717) is 17.0 Å². The lowest BCUT2D eigenvalue weighted by Gasteiger charge is -2.42. The molecule has 4 rings (SSSR count). The first-order chi connectivity index (χ1) is 17.1. The number of sulfonamides is 1. The first kappa shape index (κ1) is 27.7. The summed E-state index contributed by atoms with van der Waals surface area (Å²) in [5.41, 5.74) is 0.865. The molecule has 0 unspecified atom stereocenters. The molecule has 202 valence electrons. The molecule has 0 bridgehead atoms. The largest absolute Gasteiger partial charge is 0.465 e. The summed E-state index contributed by atoms with van der Waals surface area (Å²) in [4.78, 5) is 27.1. The summed E-state index contributed by atoms with van der Waals surface area (Å²) in [7, 11) is -2.40. The van der Waals surface area contributed by atoms with Gasteiger partial charge in [0.1, 0.15) is 5.00 Å². The zero-order chi connectivity index (χ0) is 27.3. The van der Waals surface area contributed by atoms with Crippen LogP contribution in [0.1, 0.15) is 72.7 Å². The Hall–Kier alpha value is -2.31. The van der Waals surface area contributed by atoms with E-state index in [1.54, 1.807) is 0 Å². The van der Waals surface area contributed by atoms with Gasteiger partial charge in [-0.2, -0.15) is 4.31 Å². The molecule has 0 aliphatic carbocycles. The number of rotatable bonds is 5. The van der Waals surface area contributed by atoms with Crippen molar-refractivity contribution in [1.82, 2.24) is 9.62 Å². The van der Waals surface area contributed by atoms with Crippen LogP contribution in [0.3, 0.4) is 0 Å². The average Bonchev–Trinajstić information content (AvgIpc) is 3.15. The lowest BCUT2D eigenvalue weighted by molar-refractivity contribution is -0.0440. The van der Waals surface area contributed by atoms with E-state index in [4.69, 9.17) is 9.47 Å². The topological polar surface area (TPSA) is 114 Å². The number of anilines is 1. The molecule has 11 heteroatoms. The Balaban J connectivity index is 1.61. The lowest BCUT2D eigenvalue weighted by Crippen LogP contribution is -2.55. The molecule has 1 fully saturated rings. The molecule has 1 amide bonds. The standard InChI is InChI=1S/C26H35N3O6S2/c1-15-13-29(14-16(2)35-15)37(32,33)18-10-8-17(9-11-18)22(30)27-23-20(24(31)34-7)19-12-25(3,4)28-26(5,6)21(19)36-23/h8-11,15-16,28H,12-14H2,1-7H3,(H,27,30)/t15-,16-/m0/s1. The van der Waals surface area contributed by atoms with E-state index < -0.39 is 27.4 Å². The second kappa shape index (κ2) is 9.77. The fourth-order valence-electron chi connectivity index (χ4n) is 5.36. The molecule has 2 N–H and O–H groups in total. The predicted molar refractivity (Wildman–Crippen MR) is 143 cm³/mol. The molecule has 0 spiro atoms. The summed E-state index contributed by atoms with van der Waals surface area (Å²) in [5, 5.41) is 6.89. The number of ether oxygens (including phenoxy) is 2. The van der Waals surface area contributed by atoms with Crippen LogP contribution >= 0.6 is 11.3 Å². The van der Waals surface area contributed by atoms with Crippen molar-refractivity contribution in [2.45, 2.75) is 76.1 Å². The summed E-state index contributed by atoms with van der Waals surface area (Å²) in [6, 6.07) is 5.83. The van der Waals surface area contributed by atoms with Crippen LogP contribution in [0.2, 0.25) is 0 Å². The Bertz CT molecular complexity index is 1300. The van der Waals surface area contributed by atoms with Crippen molar-refractivity contribution in [3.8, 4) is 0 Å². The lowest BCUT2D eigenvalue weighted by atomic mass is 9.81. The maximum atomic E-state index is 13.2. The average molecular weight is 550 g/mol. The van der Waals surface area contributed by atoms with Crippen LogP contribution in [-0.4, -0.2) is 62.5 Å². The molecule has 2 aliphatic heterocycles. The second-order valence-electron chi connectivity index (χ2n) is 11.0. The highest BCUT2D eigenvalue weighted by Crippen LogP contribution is 2.45. The number of thiophene rings is 1. The Labute approximate surface area is 222 Å². The summed E-state index contributed by atoms with van der Waals surface area (Å²) < 4.78 is 38.4. The zero-order valence-electron chi connectivity index (χ0n) is 22.3. The molecule has 0 saturated carbocycles. The predicted octanol–water partition coefficient (Wildman–Crippen LogP) is 3.74. The first-order valence-electron chi connectivity index (χ1n) is 12.3. The van der Waals surface area contributed by atoms with Gasteiger partial charge in [0.05, 0.1) is 29.8 Å². The number of methoxy groups -OCH3 is 1. The fraction of sp³-hybridized carbons (Fsp3) is 0.538. The van der Waals surface area contributed by atoms with Gasteiger partial charge in [-0.05, 0) is 77.8 Å². The van der Waals surface area contributed by atoms with Gasteiger partial charge in [-0.15, -0.1) is 11.3 Å². The van der Waals surface area contributed by atoms with Gasteiger partial charge in [0.25, 0.3) is 5.91 Å². The number of nitrogens with one attached hydrogen (secondary N) is 2. The third-order valence-electron chi connectivity index (χ3n) is 6.60. The van der Waals surface area contributed by atoms with Gasteiger partial charge in [0.15, 0.2) is 0 Å². The minimum absolute atomic E-state index is 0.113. The number of esters is 1. The van der Waals surface area contributed by atoms with Crippen LogP contribution in [0.4, 0.5) is 5.00 Å². The van der Waals surface area contributed by atoms with Gasteiger partial charge >= 0.3 is 5.97 Å². The van der Waals surface area contributed by atoms with E-state index in [1.165, 1.54) is 47.0 Å². The molecule has 2 aromatic rings. The number of benzene rings is 1. The van der Waals surface area contributed by atoms with Crippen molar-refractivity contribution in [1.29, 1.82) is 0 Å². The van der Waals surface area contributed by atoms with Gasteiger partial charge in [0.2, 0.25) is 10.0 Å². The number of carbonyl (C=O) groups is 2. The van der Waals surface area contributed by atoms with Crippen molar-refractivity contribution >= 4 is 38.2 Å². The number of nitrogens with zero attached hydrogens (tertiary/aromatic N) is 1. The Morgan fingerprint density at radius 3 is 2.27 bits per heavy atom. The molecule has 2 aliphatic rings. The fourth-order valence-corrected chi connectivity index (χ4v) is 8.21. The molecule has 3 heterocycles. The van der Waals surface area contributed by atoms with E-state index in [2.05, 4.69) is 24.5 Å². The molecular formula is C26H35N3O6S2. The van der Waals surface area contributed by atoms with E-state index in [-0.39, 0.29) is 41.3 Å². The van der Waals surface area contributed by atoms with Crippen LogP contribution in [0, 0.1) is 0 Å². The minimum Gasteiger partial charge on any atom is -0.465 e. The van der Waals surface area contributed by atoms with E-state index >= 15 is 0 Å². The molecule has 1 aromatic heterocycles. The van der Waals surface area contributed by atoms with Gasteiger partial charge in [-0.1, -0.05) is 0 Å². The zero-order valence-corrected chi connectivity index (χ0v) is 23.9. The Kier molecular flexibility index (Phi) is 7.32. The van der Waals surface area contributed by atoms with Gasteiger partial charge in [-0.3, -0.25) is 4.79 Å². The molecule has 37 heavy (non-hydrogen) atoms. The van der Waals surface area contributed by atoms with Crippen molar-refractivity contribution < 1.29 is 27.5 Å². The number of morpholine rings is 1. The summed E-state index contributed by atoms with van der Waals surface area (Å²) >= 11 is 1.35. The number of fused-ring (bicyclic) bond motifs is 1. The van der Waals surface area contributed by atoms with Gasteiger partial charge in [0, 0.05) is 34.6 Å². The van der Waals surface area contributed by atoms with E-state index in [0.717, 1.165) is 10.4 Å². The van der Waals surface area contributed by atoms with Crippen molar-refractivity contribution in [2.24, 2.45) is 0 Å². The normalized spacial score (nSPS) is 23.2. The smallest absolute Gasteiger partial charge is 0.341 e. The van der Waals surface area contributed by atoms with Crippen LogP contribution in [-0.2, 0) is 31.5 Å². The highest BCUT2D eigenvalue weighted by atomic mass is 32.2. The quantitative estimate of drug-likeness (QED) is 0.546. The molecular weight excluding hydrogens is 514 g/mol. The molecule has 9 nitrogen and oxygen atoms in total.